The molecule has 2 bridgehead atoms. The van der Waals surface area contributed by atoms with Gasteiger partial charge < -0.3 is 24.4 Å². The Hall–Kier alpha value is -4.85. The van der Waals surface area contributed by atoms with Crippen LogP contribution in [0.5, 0.6) is 11.8 Å². The fourth-order valence-corrected chi connectivity index (χ4v) is 10.6. The van der Waals surface area contributed by atoms with Crippen LogP contribution < -0.4 is 9.64 Å². The smallest absolute Gasteiger partial charge is 0.319 e. The van der Waals surface area contributed by atoms with E-state index in [-0.39, 0.29) is 95.9 Å². The van der Waals surface area contributed by atoms with Crippen LogP contribution in [-0.2, 0) is 11.8 Å². The molecule has 3 aromatic carbocycles. The summed E-state index contributed by atoms with van der Waals surface area (Å²) < 4.78 is 105. The number of terminal acetylenes is 1. The highest BCUT2D eigenvalue weighted by atomic mass is 19.3. The number of aryl methyl sites for hydroxylation is 1. The van der Waals surface area contributed by atoms with E-state index in [1.807, 2.05) is 4.90 Å². The zero-order valence-corrected chi connectivity index (χ0v) is 33.4. The van der Waals surface area contributed by atoms with Gasteiger partial charge in [-0.05, 0) is 74.3 Å². The monoisotopic (exact) mass is 833 g/mol. The van der Waals surface area contributed by atoms with Gasteiger partial charge in [-0.15, -0.1) is 6.42 Å². The van der Waals surface area contributed by atoms with E-state index >= 15 is 17.6 Å². The van der Waals surface area contributed by atoms with Gasteiger partial charge in [0.1, 0.15) is 35.0 Å². The molecule has 5 aromatic rings. The third-order valence-corrected chi connectivity index (χ3v) is 14.0. The average molecular weight is 834 g/mol. The summed E-state index contributed by atoms with van der Waals surface area (Å²) in [7, 11) is 3.36. The fourth-order valence-electron chi connectivity index (χ4n) is 10.6. The van der Waals surface area contributed by atoms with Crippen molar-refractivity contribution >= 4 is 38.4 Å². The first kappa shape index (κ1) is 39.3. The van der Waals surface area contributed by atoms with Crippen molar-refractivity contribution in [1.29, 1.82) is 0 Å². The minimum absolute atomic E-state index is 0.0109. The van der Waals surface area contributed by atoms with E-state index in [2.05, 4.69) is 20.7 Å². The lowest BCUT2D eigenvalue weighted by atomic mass is 9.91. The standard InChI is InChI=1S/C44H45F6N7O3/c1-4-29-32(45)9-6-25-16-28(58)17-30(33(25)29)34-36(46)38-35(31-20-54(2)53-37(31)34)39(57-26-7-8-27(57)19-56(18-26)12-5-15-59-3)52-40(51-38)60-24-42(22-44(42,49)50)23-55-13-10-41(11-14-55)21-43(41,47)48/h1,6,9,16-17,20,26-27,58H,5,7-8,10-15,18-19,21-24H2,2-3H3/t26?,27?,42-/m1/s1. The number of rotatable bonds is 11. The second kappa shape index (κ2) is 13.8. The predicted molar refractivity (Wildman–Crippen MR) is 214 cm³/mol. The number of likely N-dealkylation sites (tertiary alicyclic amines) is 2. The van der Waals surface area contributed by atoms with Crippen molar-refractivity contribution in [2.75, 3.05) is 64.5 Å². The lowest BCUT2D eigenvalue weighted by Crippen LogP contribution is -2.54. The van der Waals surface area contributed by atoms with Gasteiger partial charge in [-0.3, -0.25) is 9.58 Å². The Morgan fingerprint density at radius 3 is 2.32 bits per heavy atom. The van der Waals surface area contributed by atoms with Crippen LogP contribution in [0.2, 0.25) is 0 Å². The topological polar surface area (TPSA) is 92.0 Å². The van der Waals surface area contributed by atoms with Crippen LogP contribution in [0.25, 0.3) is 43.7 Å². The number of benzene rings is 3. The van der Waals surface area contributed by atoms with Crippen LogP contribution in [0, 0.1) is 34.8 Å². The van der Waals surface area contributed by atoms with Gasteiger partial charge in [-0.2, -0.15) is 15.1 Å². The Labute approximate surface area is 342 Å². The molecule has 2 saturated carbocycles. The zero-order valence-electron chi connectivity index (χ0n) is 33.4. The lowest BCUT2D eigenvalue weighted by Gasteiger charge is -2.42. The fraction of sp³-hybridized carbons (Fsp3) is 0.523. The molecule has 3 atom stereocenters. The molecule has 3 saturated heterocycles. The van der Waals surface area contributed by atoms with Crippen molar-refractivity contribution in [3.8, 4) is 35.2 Å². The molecular formula is C44H45F6N7O3. The molecule has 2 aromatic heterocycles. The summed E-state index contributed by atoms with van der Waals surface area (Å²) in [6, 6.07) is 5.05. The molecule has 2 unspecified atom stereocenters. The van der Waals surface area contributed by atoms with Crippen molar-refractivity contribution in [3.63, 3.8) is 0 Å². The average Bonchev–Trinajstić information content (AvgIpc) is 3.77. The number of alkyl halides is 4. The minimum atomic E-state index is -3.08. The first-order valence-electron chi connectivity index (χ1n) is 20.6. The van der Waals surface area contributed by atoms with Crippen molar-refractivity contribution in [1.82, 2.24) is 29.5 Å². The largest absolute Gasteiger partial charge is 0.508 e. The number of piperazine rings is 1. The third kappa shape index (κ3) is 6.16. The molecule has 16 heteroatoms. The van der Waals surface area contributed by atoms with Gasteiger partial charge in [0, 0.05) is 99.8 Å². The van der Waals surface area contributed by atoms with Crippen molar-refractivity contribution < 1.29 is 40.9 Å². The number of anilines is 1. The summed E-state index contributed by atoms with van der Waals surface area (Å²) in [4.78, 5) is 15.9. The van der Waals surface area contributed by atoms with Crippen molar-refractivity contribution in [2.45, 2.75) is 68.9 Å². The van der Waals surface area contributed by atoms with E-state index in [9.17, 15) is 13.9 Å². The third-order valence-electron chi connectivity index (χ3n) is 14.0. The first-order valence-corrected chi connectivity index (χ1v) is 20.6. The highest BCUT2D eigenvalue weighted by molar-refractivity contribution is 6.18. The number of aromatic hydroxyl groups is 1. The molecular weight excluding hydrogens is 789 g/mol. The van der Waals surface area contributed by atoms with Crippen LogP contribution in [0.1, 0.15) is 50.5 Å². The maximum atomic E-state index is 17.9. The van der Waals surface area contributed by atoms with E-state index in [1.165, 1.54) is 28.9 Å². The lowest BCUT2D eigenvalue weighted by molar-refractivity contribution is -0.000610. The van der Waals surface area contributed by atoms with Crippen LogP contribution in [-0.4, -0.2) is 118 Å². The highest BCUT2D eigenvalue weighted by Gasteiger charge is 2.74. The Morgan fingerprint density at radius 2 is 1.67 bits per heavy atom. The zero-order chi connectivity index (χ0) is 41.9. The Balaban J connectivity index is 1.10. The maximum Gasteiger partial charge on any atom is 0.319 e. The van der Waals surface area contributed by atoms with E-state index in [1.54, 1.807) is 20.4 Å². The molecule has 1 spiro atoms. The van der Waals surface area contributed by atoms with E-state index in [4.69, 9.17) is 26.0 Å². The molecule has 0 amide bonds. The first-order chi connectivity index (χ1) is 28.7. The van der Waals surface area contributed by atoms with Crippen LogP contribution in [0.3, 0.4) is 0 Å². The molecule has 5 aliphatic rings. The molecule has 5 fully saturated rings. The summed E-state index contributed by atoms with van der Waals surface area (Å²) in [6.07, 6.45) is 9.98. The summed E-state index contributed by atoms with van der Waals surface area (Å²) in [6.45, 7) is 2.95. The number of phenolic OH excluding ortho intramolecular Hbond substituents is 1. The highest BCUT2D eigenvalue weighted by Crippen LogP contribution is 2.67. The minimum Gasteiger partial charge on any atom is -0.508 e. The number of ether oxygens (including phenoxy) is 2. The van der Waals surface area contributed by atoms with Gasteiger partial charge in [0.2, 0.25) is 0 Å². The van der Waals surface area contributed by atoms with Gasteiger partial charge in [-0.1, -0.05) is 12.0 Å². The number of phenols is 1. The Bertz CT molecular complexity index is 2590. The number of halogens is 6. The van der Waals surface area contributed by atoms with Gasteiger partial charge in [-0.25, -0.2) is 26.3 Å². The van der Waals surface area contributed by atoms with Gasteiger partial charge >= 0.3 is 6.01 Å². The molecule has 316 valence electrons. The van der Waals surface area contributed by atoms with E-state index in [0.717, 1.165) is 25.8 Å². The van der Waals surface area contributed by atoms with E-state index in [0.29, 0.717) is 41.7 Å². The number of hydrogen-bond donors (Lipinski definition) is 1. The summed E-state index contributed by atoms with van der Waals surface area (Å²) in [5.41, 5.74) is -2.70. The molecule has 60 heavy (non-hydrogen) atoms. The SMILES string of the molecule is C#Cc1c(F)ccc2cc(O)cc(-c3c(F)c4nc(OC[C@]5(CN6CCC7(CC6)CC7(F)F)CC5(F)F)nc(N5C6CCC5CN(CCCOC)C6)c4c4cn(C)nc34)c12. The van der Waals surface area contributed by atoms with Crippen LogP contribution in [0.4, 0.5) is 32.2 Å². The molecule has 10 nitrogen and oxygen atoms in total. The van der Waals surface area contributed by atoms with Gasteiger partial charge in [0.25, 0.3) is 11.8 Å². The number of hydrogen-bond acceptors (Lipinski definition) is 9. The van der Waals surface area contributed by atoms with Gasteiger partial charge in [0.15, 0.2) is 5.82 Å². The maximum absolute atomic E-state index is 17.9. The molecule has 10 rings (SSSR count). The Morgan fingerprint density at radius 1 is 0.950 bits per heavy atom. The molecule has 1 N–H and O–H groups in total. The second-order valence-electron chi connectivity index (χ2n) is 17.8. The number of piperidine rings is 1. The molecule has 0 radical (unpaired) electrons. The quantitative estimate of drug-likeness (QED) is 0.0825. The Kier molecular flexibility index (Phi) is 9.06. The molecule has 2 aliphatic carbocycles. The number of aromatic nitrogens is 4. The molecule has 3 aliphatic heterocycles. The van der Waals surface area contributed by atoms with E-state index < -0.39 is 47.3 Å². The van der Waals surface area contributed by atoms with Gasteiger partial charge in [0.05, 0.1) is 16.4 Å². The number of fused-ring (bicyclic) bond motifs is 6. The van der Waals surface area contributed by atoms with Crippen LogP contribution >= 0.6 is 0 Å². The summed E-state index contributed by atoms with van der Waals surface area (Å²) >= 11 is 0. The second-order valence-corrected chi connectivity index (χ2v) is 17.8. The normalized spacial score (nSPS) is 25.4. The van der Waals surface area contributed by atoms with Crippen LogP contribution in [0.15, 0.2) is 30.5 Å². The summed E-state index contributed by atoms with van der Waals surface area (Å²) in [5.74, 6) is -4.77. The van der Waals surface area contributed by atoms with Crippen molar-refractivity contribution in [2.24, 2.45) is 17.9 Å². The predicted octanol–water partition coefficient (Wildman–Crippen LogP) is 7.52. The number of methoxy groups -OCH3 is 1. The molecule has 5 heterocycles. The number of nitrogens with zero attached hydrogens (tertiary/aromatic N) is 7. The van der Waals surface area contributed by atoms with Crippen molar-refractivity contribution in [3.05, 3.63) is 47.7 Å². The summed E-state index contributed by atoms with van der Waals surface area (Å²) in [5, 5.41) is 17.0.